The van der Waals surface area contributed by atoms with Gasteiger partial charge in [0.05, 0.1) is 0 Å². The Kier molecular flexibility index (Phi) is 5.31. The van der Waals surface area contributed by atoms with Gasteiger partial charge in [0.25, 0.3) is 0 Å². The van der Waals surface area contributed by atoms with Crippen LogP contribution in [0.3, 0.4) is 0 Å². The molecule has 19 heavy (non-hydrogen) atoms. The molecule has 0 amide bonds. The lowest BCUT2D eigenvalue weighted by molar-refractivity contribution is 0.608. The van der Waals surface area contributed by atoms with Gasteiger partial charge in [-0.3, -0.25) is 0 Å². The third-order valence-electron chi connectivity index (χ3n) is 3.58. The van der Waals surface area contributed by atoms with Gasteiger partial charge in [-0.15, -0.1) is 0 Å². The fraction of sp³-hybridized carbons (Fsp3) is 0.714. The summed E-state index contributed by atoms with van der Waals surface area (Å²) >= 11 is 1.60. The van der Waals surface area contributed by atoms with Gasteiger partial charge in [0.2, 0.25) is 0 Å². The van der Waals surface area contributed by atoms with Crippen LogP contribution in [-0.4, -0.2) is 35.4 Å². The summed E-state index contributed by atoms with van der Waals surface area (Å²) in [7, 11) is 0. The fourth-order valence-corrected chi connectivity index (χ4v) is 2.91. The molecule has 0 saturated carbocycles. The lowest BCUT2D eigenvalue weighted by Crippen LogP contribution is -2.33. The monoisotopic (exact) mass is 280 g/mol. The summed E-state index contributed by atoms with van der Waals surface area (Å²) < 4.78 is 0. The van der Waals surface area contributed by atoms with Crippen molar-refractivity contribution in [3.63, 3.8) is 0 Å². The van der Waals surface area contributed by atoms with E-state index < -0.39 is 0 Å². The Morgan fingerprint density at radius 3 is 2.95 bits per heavy atom. The van der Waals surface area contributed by atoms with Crippen LogP contribution < -0.4 is 10.2 Å². The van der Waals surface area contributed by atoms with Crippen LogP contribution in [0.25, 0.3) is 0 Å². The van der Waals surface area contributed by atoms with E-state index in [-0.39, 0.29) is 0 Å². The van der Waals surface area contributed by atoms with Crippen LogP contribution in [-0.2, 0) is 0 Å². The van der Waals surface area contributed by atoms with E-state index in [1.807, 2.05) is 6.26 Å². The first kappa shape index (κ1) is 14.4. The molecule has 0 aromatic carbocycles. The molecule has 1 aromatic heterocycles. The molecule has 1 aliphatic rings. The number of nitrogens with zero attached hydrogens (tertiary/aromatic N) is 3. The zero-order valence-corrected chi connectivity index (χ0v) is 13.0. The Hall–Kier alpha value is -0.970. The zero-order chi connectivity index (χ0) is 13.7. The van der Waals surface area contributed by atoms with E-state index in [9.17, 15) is 0 Å². The predicted octanol–water partition coefficient (Wildman–Crippen LogP) is 3.40. The van der Waals surface area contributed by atoms with Crippen LogP contribution in [0, 0.1) is 0 Å². The van der Waals surface area contributed by atoms with Crippen LogP contribution in [0.5, 0.6) is 0 Å². The number of nitrogens with one attached hydrogen (secondary N) is 1. The first-order valence-electron chi connectivity index (χ1n) is 7.18. The fourth-order valence-electron chi connectivity index (χ4n) is 2.54. The van der Waals surface area contributed by atoms with Crippen LogP contribution >= 0.6 is 11.8 Å². The van der Waals surface area contributed by atoms with Gasteiger partial charge in [0.15, 0.2) is 5.16 Å². The van der Waals surface area contributed by atoms with Gasteiger partial charge in [-0.25, -0.2) is 9.97 Å². The van der Waals surface area contributed by atoms with Crippen molar-refractivity contribution in [3.8, 4) is 0 Å². The molecule has 1 N–H and O–H groups in total. The standard InChI is InChI=1S/C14H24N4S/c1-4-15-12-10-13(17-14(16-12)19-3)18-9-7-5-6-8-11(18)2/h10-11H,4-9H2,1-3H3,(H,15,16,17). The van der Waals surface area contributed by atoms with Gasteiger partial charge in [0.1, 0.15) is 11.6 Å². The molecule has 5 heteroatoms. The third kappa shape index (κ3) is 3.75. The minimum absolute atomic E-state index is 0.571. The van der Waals surface area contributed by atoms with E-state index >= 15 is 0 Å². The molecular formula is C14H24N4S. The van der Waals surface area contributed by atoms with Crippen LogP contribution in [0.4, 0.5) is 11.6 Å². The average molecular weight is 280 g/mol. The maximum absolute atomic E-state index is 4.69. The second-order valence-electron chi connectivity index (χ2n) is 5.02. The Morgan fingerprint density at radius 1 is 1.37 bits per heavy atom. The Morgan fingerprint density at radius 2 is 2.21 bits per heavy atom. The number of hydrogen-bond acceptors (Lipinski definition) is 5. The quantitative estimate of drug-likeness (QED) is 0.676. The summed E-state index contributed by atoms with van der Waals surface area (Å²) in [4.78, 5) is 11.6. The van der Waals surface area contributed by atoms with Crippen LogP contribution in [0.15, 0.2) is 11.2 Å². The van der Waals surface area contributed by atoms with Crippen molar-refractivity contribution in [1.29, 1.82) is 0 Å². The Bertz CT molecular complexity index is 410. The topological polar surface area (TPSA) is 41.0 Å². The lowest BCUT2D eigenvalue weighted by atomic mass is 10.1. The number of aromatic nitrogens is 2. The zero-order valence-electron chi connectivity index (χ0n) is 12.1. The molecule has 1 aromatic rings. The molecule has 0 spiro atoms. The van der Waals surface area contributed by atoms with Crippen LogP contribution in [0.2, 0.25) is 0 Å². The first-order chi connectivity index (χ1) is 9.24. The summed E-state index contributed by atoms with van der Waals surface area (Å²) in [5.74, 6) is 2.01. The Labute approximate surface area is 120 Å². The van der Waals surface area contributed by atoms with Crippen molar-refractivity contribution >= 4 is 23.4 Å². The largest absolute Gasteiger partial charge is 0.370 e. The first-order valence-corrected chi connectivity index (χ1v) is 8.40. The van der Waals surface area contributed by atoms with E-state index in [2.05, 4.69) is 40.1 Å². The maximum Gasteiger partial charge on any atom is 0.191 e. The Balaban J connectivity index is 2.27. The molecule has 2 rings (SSSR count). The molecule has 4 nitrogen and oxygen atoms in total. The van der Waals surface area contributed by atoms with E-state index in [0.717, 1.165) is 29.9 Å². The number of hydrogen-bond donors (Lipinski definition) is 1. The van der Waals surface area contributed by atoms with Gasteiger partial charge in [-0.05, 0) is 32.9 Å². The highest BCUT2D eigenvalue weighted by Crippen LogP contribution is 2.26. The van der Waals surface area contributed by atoms with Crippen molar-refractivity contribution in [1.82, 2.24) is 9.97 Å². The highest BCUT2D eigenvalue weighted by Gasteiger charge is 2.19. The molecule has 1 atom stereocenters. The van der Waals surface area contributed by atoms with Crippen molar-refractivity contribution in [2.75, 3.05) is 29.6 Å². The highest BCUT2D eigenvalue weighted by molar-refractivity contribution is 7.98. The minimum atomic E-state index is 0.571. The second kappa shape index (κ2) is 6.98. The smallest absolute Gasteiger partial charge is 0.191 e. The van der Waals surface area contributed by atoms with E-state index in [4.69, 9.17) is 0 Å². The van der Waals surface area contributed by atoms with E-state index in [0.29, 0.717) is 6.04 Å². The number of thioether (sulfide) groups is 1. The second-order valence-corrected chi connectivity index (χ2v) is 5.79. The number of rotatable bonds is 4. The van der Waals surface area contributed by atoms with Gasteiger partial charge in [-0.1, -0.05) is 24.6 Å². The summed E-state index contributed by atoms with van der Waals surface area (Å²) in [6, 6.07) is 2.66. The van der Waals surface area contributed by atoms with Gasteiger partial charge < -0.3 is 10.2 Å². The molecule has 1 fully saturated rings. The third-order valence-corrected chi connectivity index (χ3v) is 4.13. The summed E-state index contributed by atoms with van der Waals surface area (Å²) in [5.41, 5.74) is 0. The molecule has 1 aliphatic heterocycles. The molecule has 0 aliphatic carbocycles. The molecule has 2 heterocycles. The molecule has 0 radical (unpaired) electrons. The number of anilines is 2. The molecule has 1 saturated heterocycles. The van der Waals surface area contributed by atoms with Gasteiger partial charge in [-0.2, -0.15) is 0 Å². The van der Waals surface area contributed by atoms with Crippen molar-refractivity contribution < 1.29 is 0 Å². The van der Waals surface area contributed by atoms with Crippen molar-refractivity contribution in [2.45, 2.75) is 50.7 Å². The van der Waals surface area contributed by atoms with Crippen molar-refractivity contribution in [2.24, 2.45) is 0 Å². The van der Waals surface area contributed by atoms with Crippen LogP contribution in [0.1, 0.15) is 39.5 Å². The van der Waals surface area contributed by atoms with Gasteiger partial charge in [0, 0.05) is 25.2 Å². The normalized spacial score (nSPS) is 20.2. The summed E-state index contributed by atoms with van der Waals surface area (Å²) in [6.07, 6.45) is 7.22. The van der Waals surface area contributed by atoms with E-state index in [1.165, 1.54) is 25.7 Å². The summed E-state index contributed by atoms with van der Waals surface area (Å²) in [6.45, 7) is 6.39. The van der Waals surface area contributed by atoms with E-state index in [1.54, 1.807) is 11.8 Å². The lowest BCUT2D eigenvalue weighted by Gasteiger charge is -2.28. The molecule has 0 bridgehead atoms. The minimum Gasteiger partial charge on any atom is -0.370 e. The molecule has 1 unspecified atom stereocenters. The molecular weight excluding hydrogens is 256 g/mol. The molecule has 106 valence electrons. The SMILES string of the molecule is CCNc1cc(N2CCCCCC2C)nc(SC)n1. The van der Waals surface area contributed by atoms with Gasteiger partial charge >= 0.3 is 0 Å². The van der Waals surface area contributed by atoms with Crippen molar-refractivity contribution in [3.05, 3.63) is 6.07 Å². The predicted molar refractivity (Wildman–Crippen MR) is 83.3 cm³/mol. The average Bonchev–Trinajstić information content (AvgIpc) is 2.63. The highest BCUT2D eigenvalue weighted by atomic mass is 32.2. The summed E-state index contributed by atoms with van der Waals surface area (Å²) in [5, 5.41) is 4.15. The maximum atomic E-state index is 4.69.